The van der Waals surface area contributed by atoms with Crippen LogP contribution in [0.4, 0.5) is 52.7 Å². The number of alkyl halides is 12. The molecule has 8 nitrogen and oxygen atoms in total. The molecule has 0 spiro atoms. The van der Waals surface area contributed by atoms with Gasteiger partial charge in [-0.1, -0.05) is 0 Å². The SMILES string of the molecule is CC(O)CO.O=S(=O)(O)CC(F)(F)C(F)(F)C(F)F.O=S(=O)(O)CC(F)(F)C(F)(F)C(F)F. The van der Waals surface area contributed by atoms with Crippen LogP contribution in [0.5, 0.6) is 0 Å². The predicted molar refractivity (Wildman–Crippen MR) is 83.4 cm³/mol. The molecular formula is C11H16F12O8S2. The Balaban J connectivity index is -0.000000453. The zero-order chi connectivity index (χ0) is 27.9. The van der Waals surface area contributed by atoms with E-state index in [9.17, 15) is 69.5 Å². The quantitative estimate of drug-likeness (QED) is 0.244. The fourth-order valence-electron chi connectivity index (χ4n) is 0.970. The molecule has 0 saturated heterocycles. The summed E-state index contributed by atoms with van der Waals surface area (Å²) in [6, 6.07) is 0. The Labute approximate surface area is 177 Å². The smallest absolute Gasteiger partial charge is 0.370 e. The molecule has 204 valence electrons. The third-order valence-electron chi connectivity index (χ3n) is 2.52. The average molecular weight is 568 g/mol. The third-order valence-corrected chi connectivity index (χ3v) is 3.97. The average Bonchev–Trinajstić information content (AvgIpc) is 2.50. The molecule has 0 aromatic heterocycles. The van der Waals surface area contributed by atoms with Crippen molar-refractivity contribution >= 4 is 20.2 Å². The molecule has 0 fully saturated rings. The van der Waals surface area contributed by atoms with Crippen molar-refractivity contribution in [1.29, 1.82) is 0 Å². The van der Waals surface area contributed by atoms with Gasteiger partial charge in [0.1, 0.15) is 11.5 Å². The van der Waals surface area contributed by atoms with E-state index in [4.69, 9.17) is 19.3 Å². The molecule has 0 aromatic rings. The molecule has 0 aliphatic rings. The third kappa shape index (κ3) is 14.0. The van der Waals surface area contributed by atoms with E-state index >= 15 is 0 Å². The van der Waals surface area contributed by atoms with Crippen LogP contribution in [-0.2, 0) is 20.2 Å². The second kappa shape index (κ2) is 12.6. The zero-order valence-electron chi connectivity index (χ0n) is 15.6. The van der Waals surface area contributed by atoms with Gasteiger partial charge in [0.05, 0.1) is 12.7 Å². The summed E-state index contributed by atoms with van der Waals surface area (Å²) in [4.78, 5) is 0. The molecule has 0 aliphatic heterocycles. The topological polar surface area (TPSA) is 149 Å². The molecule has 22 heteroatoms. The molecule has 0 bridgehead atoms. The van der Waals surface area contributed by atoms with Crippen molar-refractivity contribution in [3.8, 4) is 0 Å². The van der Waals surface area contributed by atoms with Crippen molar-refractivity contribution in [3.63, 3.8) is 0 Å². The van der Waals surface area contributed by atoms with Crippen LogP contribution in [0.15, 0.2) is 0 Å². The summed E-state index contributed by atoms with van der Waals surface area (Å²) in [5.74, 6) is -28.1. The first-order valence-electron chi connectivity index (χ1n) is 7.34. The van der Waals surface area contributed by atoms with Gasteiger partial charge in [-0.25, -0.2) is 17.6 Å². The molecule has 0 aliphatic carbocycles. The van der Waals surface area contributed by atoms with Crippen molar-refractivity contribution in [1.82, 2.24) is 0 Å². The molecule has 0 heterocycles. The molecule has 33 heavy (non-hydrogen) atoms. The van der Waals surface area contributed by atoms with Gasteiger partial charge in [-0.15, -0.1) is 0 Å². The lowest BCUT2D eigenvalue weighted by Gasteiger charge is -2.24. The summed E-state index contributed by atoms with van der Waals surface area (Å²) in [5, 5.41) is 16.0. The van der Waals surface area contributed by atoms with Crippen LogP contribution in [0.25, 0.3) is 0 Å². The van der Waals surface area contributed by atoms with E-state index in [0.29, 0.717) is 0 Å². The van der Waals surface area contributed by atoms with Gasteiger partial charge in [0.25, 0.3) is 20.2 Å². The maximum atomic E-state index is 12.2. The minimum absolute atomic E-state index is 0.139. The first kappa shape index (κ1) is 36.5. The lowest BCUT2D eigenvalue weighted by atomic mass is 10.2. The van der Waals surface area contributed by atoms with Gasteiger partial charge in [0, 0.05) is 0 Å². The highest BCUT2D eigenvalue weighted by atomic mass is 32.2. The highest BCUT2D eigenvalue weighted by molar-refractivity contribution is 7.86. The van der Waals surface area contributed by atoms with Crippen molar-refractivity contribution in [2.75, 3.05) is 18.1 Å². The number of hydrogen-bond donors (Lipinski definition) is 4. The van der Waals surface area contributed by atoms with E-state index in [1.807, 2.05) is 0 Å². The minimum atomic E-state index is -5.80. The zero-order valence-corrected chi connectivity index (χ0v) is 17.3. The van der Waals surface area contributed by atoms with Crippen LogP contribution >= 0.6 is 0 Å². The Bertz CT molecular complexity index is 721. The van der Waals surface area contributed by atoms with Gasteiger partial charge in [-0.05, 0) is 6.92 Å². The molecule has 1 unspecified atom stereocenters. The molecule has 0 radical (unpaired) electrons. The van der Waals surface area contributed by atoms with Crippen LogP contribution in [-0.4, -0.2) is 96.9 Å². The Morgan fingerprint density at radius 2 is 0.848 bits per heavy atom. The van der Waals surface area contributed by atoms with Crippen LogP contribution in [0, 0.1) is 0 Å². The summed E-state index contributed by atoms with van der Waals surface area (Å²) < 4.78 is 197. The molecule has 4 N–H and O–H groups in total. The van der Waals surface area contributed by atoms with Gasteiger partial charge in [-0.2, -0.15) is 52.0 Å². The van der Waals surface area contributed by atoms with E-state index < -0.39 is 74.4 Å². The van der Waals surface area contributed by atoms with Crippen molar-refractivity contribution in [2.45, 2.75) is 49.6 Å². The molecule has 1 atom stereocenters. The molecule has 0 saturated carbocycles. The van der Waals surface area contributed by atoms with Crippen LogP contribution in [0.1, 0.15) is 6.92 Å². The predicted octanol–water partition coefficient (Wildman–Crippen LogP) is 2.18. The summed E-state index contributed by atoms with van der Waals surface area (Å²) in [7, 11) is -10.9. The molecule has 0 amide bonds. The molecule has 0 rings (SSSR count). The summed E-state index contributed by atoms with van der Waals surface area (Å²) in [5.41, 5.74) is 0. The van der Waals surface area contributed by atoms with Gasteiger partial charge in [-0.3, -0.25) is 9.11 Å². The van der Waals surface area contributed by atoms with Crippen LogP contribution in [0.2, 0.25) is 0 Å². The van der Waals surface area contributed by atoms with Crippen molar-refractivity contribution < 1.29 is 88.8 Å². The minimum Gasteiger partial charge on any atom is -0.394 e. The van der Waals surface area contributed by atoms with E-state index in [1.165, 1.54) is 6.92 Å². The number of rotatable bonds is 9. The first-order valence-corrected chi connectivity index (χ1v) is 10.6. The number of aliphatic hydroxyl groups is 2. The van der Waals surface area contributed by atoms with Gasteiger partial charge in [0.15, 0.2) is 0 Å². The summed E-state index contributed by atoms with van der Waals surface area (Å²) in [6.45, 7) is 1.39. The van der Waals surface area contributed by atoms with Crippen LogP contribution < -0.4 is 0 Å². The Morgan fingerprint density at radius 1 is 0.667 bits per heavy atom. The number of aliphatic hydroxyl groups excluding tert-OH is 2. The Morgan fingerprint density at radius 3 is 0.939 bits per heavy atom. The Hall–Kier alpha value is -1.10. The number of halogens is 12. The van der Waals surface area contributed by atoms with Crippen LogP contribution in [0.3, 0.4) is 0 Å². The monoisotopic (exact) mass is 568 g/mol. The maximum absolute atomic E-state index is 12.2. The second-order valence-corrected chi connectivity index (χ2v) is 8.65. The normalized spacial score (nSPS) is 14.9. The standard InChI is InChI=1S/2C4H4F6O3S.C3H8O2/c2*5-2(6)4(9,10)3(7,8)1-14(11,12)13;1-3(5)2-4/h2*2H,1H2,(H,11,12,13);3-5H,2H2,1H3. The number of hydrogen-bond acceptors (Lipinski definition) is 6. The van der Waals surface area contributed by atoms with E-state index in [2.05, 4.69) is 0 Å². The van der Waals surface area contributed by atoms with E-state index in [1.54, 1.807) is 0 Å². The lowest BCUT2D eigenvalue weighted by Crippen LogP contribution is -2.50. The van der Waals surface area contributed by atoms with E-state index in [0.717, 1.165) is 0 Å². The summed E-state index contributed by atoms with van der Waals surface area (Å²) in [6.07, 6.45) is -10.0. The largest absolute Gasteiger partial charge is 0.394 e. The van der Waals surface area contributed by atoms with Gasteiger partial charge < -0.3 is 10.2 Å². The fraction of sp³-hybridized carbons (Fsp3) is 1.00. The molecular weight excluding hydrogens is 552 g/mol. The highest BCUT2D eigenvalue weighted by Gasteiger charge is 2.65. The Kier molecular flexibility index (Phi) is 13.9. The van der Waals surface area contributed by atoms with Gasteiger partial charge in [0.2, 0.25) is 0 Å². The maximum Gasteiger partial charge on any atom is 0.370 e. The van der Waals surface area contributed by atoms with Crippen molar-refractivity contribution in [3.05, 3.63) is 0 Å². The second-order valence-electron chi connectivity index (χ2n) is 5.74. The first-order chi connectivity index (χ1) is 14.1. The van der Waals surface area contributed by atoms with Gasteiger partial charge >= 0.3 is 36.5 Å². The van der Waals surface area contributed by atoms with Crippen molar-refractivity contribution in [2.24, 2.45) is 0 Å². The summed E-state index contributed by atoms with van der Waals surface area (Å²) >= 11 is 0. The lowest BCUT2D eigenvalue weighted by molar-refractivity contribution is -0.253. The fourth-order valence-corrected chi connectivity index (χ4v) is 2.27. The van der Waals surface area contributed by atoms with E-state index in [-0.39, 0.29) is 6.61 Å². The molecule has 0 aromatic carbocycles. The highest BCUT2D eigenvalue weighted by Crippen LogP contribution is 2.40.